The average Bonchev–Trinajstić information content (AvgIpc) is 2.64. The topological polar surface area (TPSA) is 54.9 Å². The van der Waals surface area contributed by atoms with Gasteiger partial charge in [-0.05, 0) is 28.3 Å². The van der Waals surface area contributed by atoms with E-state index in [0.717, 1.165) is 28.6 Å². The predicted octanol–water partition coefficient (Wildman–Crippen LogP) is 3.42. The Bertz CT molecular complexity index is 1010. The number of aromatic nitrogens is 2. The Morgan fingerprint density at radius 2 is 1.67 bits per heavy atom. The molecule has 0 aliphatic rings. The maximum Gasteiger partial charge on any atom is 0.435 e. The van der Waals surface area contributed by atoms with Gasteiger partial charge in [-0.15, -0.1) is 18.5 Å². The number of rotatable bonds is 3. The van der Waals surface area contributed by atoms with Crippen LogP contribution in [0.15, 0.2) is 54.9 Å². The number of carbonyl (C=O) groups is 1. The van der Waals surface area contributed by atoms with Crippen molar-refractivity contribution in [1.29, 1.82) is 0 Å². The van der Waals surface area contributed by atoms with Crippen LogP contribution in [0.25, 0.3) is 11.1 Å². The van der Waals surface area contributed by atoms with E-state index in [1.807, 2.05) is 18.2 Å². The van der Waals surface area contributed by atoms with Crippen molar-refractivity contribution >= 4 is 40.7 Å². The zero-order valence-corrected chi connectivity index (χ0v) is 16.1. The third kappa shape index (κ3) is 4.32. The molecule has 27 heavy (non-hydrogen) atoms. The van der Waals surface area contributed by atoms with Crippen molar-refractivity contribution in [2.75, 3.05) is 5.32 Å². The van der Waals surface area contributed by atoms with Crippen molar-refractivity contribution in [1.82, 2.24) is 9.97 Å². The molecule has 0 radical (unpaired) electrons. The van der Waals surface area contributed by atoms with E-state index in [-0.39, 0.29) is 0 Å². The van der Waals surface area contributed by atoms with Crippen molar-refractivity contribution in [2.24, 2.45) is 0 Å². The van der Waals surface area contributed by atoms with Crippen LogP contribution in [0.3, 0.4) is 0 Å². The number of hydrogen-bond donors (Lipinski definition) is 1. The summed E-state index contributed by atoms with van der Waals surface area (Å²) in [6.45, 7) is 0. The van der Waals surface area contributed by atoms with Gasteiger partial charge in [-0.25, -0.2) is 9.97 Å². The molecule has 1 N–H and O–H groups in total. The summed E-state index contributed by atoms with van der Waals surface area (Å²) in [7, 11) is 5.21. The lowest BCUT2D eigenvalue weighted by Gasteiger charge is -2.14. The Kier molecular flexibility index (Phi) is 5.54. The van der Waals surface area contributed by atoms with Crippen LogP contribution < -0.4 is 15.9 Å². The molecule has 2 unspecified atom stereocenters. The van der Waals surface area contributed by atoms with Gasteiger partial charge < -0.3 is 5.32 Å². The third-order valence-electron chi connectivity index (χ3n) is 3.75. The minimum atomic E-state index is -4.77. The largest absolute Gasteiger partial charge is 0.435 e. The van der Waals surface area contributed by atoms with Gasteiger partial charge in [0.2, 0.25) is 0 Å². The molecule has 1 aromatic heterocycles. The molecule has 0 aliphatic heterocycles. The Hall–Kier alpha value is -2.36. The lowest BCUT2D eigenvalue weighted by atomic mass is 10.0. The van der Waals surface area contributed by atoms with E-state index in [0.29, 0.717) is 11.3 Å². The number of alkyl halides is 3. The van der Waals surface area contributed by atoms with Crippen LogP contribution in [-0.2, 0) is 6.18 Å². The van der Waals surface area contributed by atoms with Crippen LogP contribution in [0.5, 0.6) is 0 Å². The fourth-order valence-electron chi connectivity index (χ4n) is 2.48. The van der Waals surface area contributed by atoms with Crippen molar-refractivity contribution in [2.45, 2.75) is 6.18 Å². The first-order valence-electron chi connectivity index (χ1n) is 7.71. The second kappa shape index (κ2) is 7.71. The van der Waals surface area contributed by atoms with Gasteiger partial charge in [0, 0.05) is 23.6 Å². The van der Waals surface area contributed by atoms with E-state index in [9.17, 15) is 18.0 Å². The number of benzene rings is 2. The van der Waals surface area contributed by atoms with Gasteiger partial charge in [0.25, 0.3) is 5.91 Å². The summed E-state index contributed by atoms with van der Waals surface area (Å²) in [6, 6.07) is 12.5. The number of nitrogens with zero attached hydrogens (tertiary/aromatic N) is 2. The summed E-state index contributed by atoms with van der Waals surface area (Å²) < 4.78 is 39.3. The van der Waals surface area contributed by atoms with Crippen LogP contribution in [0.2, 0.25) is 0 Å². The fraction of sp³-hybridized carbons (Fsp3) is 0.0556. The van der Waals surface area contributed by atoms with Gasteiger partial charge in [-0.3, -0.25) is 4.79 Å². The summed E-state index contributed by atoms with van der Waals surface area (Å²) in [5.41, 5.74) is -0.220. The van der Waals surface area contributed by atoms with Crippen molar-refractivity contribution in [3.63, 3.8) is 0 Å². The Morgan fingerprint density at radius 1 is 0.963 bits per heavy atom. The minimum Gasteiger partial charge on any atom is -0.320 e. The van der Waals surface area contributed by atoms with E-state index in [1.165, 1.54) is 0 Å². The number of hydrogen-bond acceptors (Lipinski definition) is 3. The van der Waals surface area contributed by atoms with E-state index < -0.39 is 23.5 Å². The molecule has 2 atom stereocenters. The van der Waals surface area contributed by atoms with Crippen LogP contribution in [0.1, 0.15) is 16.2 Å². The highest BCUT2D eigenvalue weighted by atomic mass is 31.0. The number of amides is 1. The van der Waals surface area contributed by atoms with E-state index in [1.54, 1.807) is 24.3 Å². The maximum atomic E-state index is 13.1. The van der Waals surface area contributed by atoms with Crippen LogP contribution in [0.4, 0.5) is 18.9 Å². The quantitative estimate of drug-likeness (QED) is 0.678. The first-order valence-corrected chi connectivity index (χ1v) is 8.87. The number of anilines is 1. The molecule has 9 heteroatoms. The molecule has 0 bridgehead atoms. The second-order valence-electron chi connectivity index (χ2n) is 5.59. The molecule has 4 nitrogen and oxygen atoms in total. The van der Waals surface area contributed by atoms with Crippen molar-refractivity contribution in [3.8, 4) is 11.1 Å². The molecule has 0 aliphatic carbocycles. The fourth-order valence-corrected chi connectivity index (χ4v) is 2.93. The highest BCUT2D eigenvalue weighted by molar-refractivity contribution is 7.35. The van der Waals surface area contributed by atoms with Gasteiger partial charge in [0.1, 0.15) is 0 Å². The molecular weight excluding hydrogens is 393 g/mol. The van der Waals surface area contributed by atoms with Gasteiger partial charge in [-0.2, -0.15) is 13.2 Å². The lowest BCUT2D eigenvalue weighted by Crippen LogP contribution is -2.22. The summed E-state index contributed by atoms with van der Waals surface area (Å²) in [5, 5.41) is 4.47. The summed E-state index contributed by atoms with van der Waals surface area (Å²) in [5.74, 6) is -0.975. The van der Waals surface area contributed by atoms with Gasteiger partial charge >= 0.3 is 6.18 Å². The molecule has 0 fully saturated rings. The molecule has 0 saturated heterocycles. The number of carbonyl (C=O) groups excluding carboxylic acids is 1. The standard InChI is InChI=1S/C18H14F3N3OP2/c19-18(20,21)16-15(22-7-8-23-16)17(25)24-12-4-2-1-3-11(12)10-5-6-13(26)14(27)9-10/h1-9H,26-27H2,(H,24,25). The summed E-state index contributed by atoms with van der Waals surface area (Å²) in [6.07, 6.45) is -2.82. The molecule has 1 amide bonds. The molecule has 3 aromatic rings. The second-order valence-corrected chi connectivity index (χ2v) is 6.84. The monoisotopic (exact) mass is 407 g/mol. The molecule has 3 rings (SSSR count). The molecule has 138 valence electrons. The van der Waals surface area contributed by atoms with Crippen molar-refractivity contribution < 1.29 is 18.0 Å². The molecular formula is C18H14F3N3OP2. The van der Waals surface area contributed by atoms with E-state index in [4.69, 9.17) is 0 Å². The summed E-state index contributed by atoms with van der Waals surface area (Å²) in [4.78, 5) is 19.3. The zero-order valence-electron chi connectivity index (χ0n) is 13.8. The third-order valence-corrected chi connectivity index (χ3v) is 5.11. The predicted molar refractivity (Wildman–Crippen MR) is 106 cm³/mol. The average molecular weight is 407 g/mol. The molecule has 1 heterocycles. The normalized spacial score (nSPS) is 11.3. The maximum absolute atomic E-state index is 13.1. The Balaban J connectivity index is 1.98. The first kappa shape index (κ1) is 19.4. The number of para-hydroxylation sites is 1. The van der Waals surface area contributed by atoms with Gasteiger partial charge in [-0.1, -0.05) is 30.3 Å². The van der Waals surface area contributed by atoms with E-state index >= 15 is 0 Å². The minimum absolute atomic E-state index is 0.377. The molecule has 0 saturated carbocycles. The highest BCUT2D eigenvalue weighted by Crippen LogP contribution is 2.31. The zero-order chi connectivity index (χ0) is 19.6. The van der Waals surface area contributed by atoms with E-state index in [2.05, 4.69) is 33.8 Å². The molecule has 0 spiro atoms. The van der Waals surface area contributed by atoms with Gasteiger partial charge in [0.15, 0.2) is 11.4 Å². The van der Waals surface area contributed by atoms with Crippen LogP contribution in [0, 0.1) is 0 Å². The number of nitrogens with one attached hydrogen (secondary N) is 1. The van der Waals surface area contributed by atoms with Crippen LogP contribution >= 0.6 is 18.5 Å². The molecule has 2 aromatic carbocycles. The number of halogens is 3. The highest BCUT2D eigenvalue weighted by Gasteiger charge is 2.38. The Morgan fingerprint density at radius 3 is 2.37 bits per heavy atom. The SMILES string of the molecule is O=C(Nc1ccccc1-c1ccc(P)c(P)c1)c1nccnc1C(F)(F)F. The summed E-state index contributed by atoms with van der Waals surface area (Å²) >= 11 is 0. The van der Waals surface area contributed by atoms with Gasteiger partial charge in [0.05, 0.1) is 0 Å². The Labute approximate surface area is 158 Å². The first-order chi connectivity index (χ1) is 12.8. The van der Waals surface area contributed by atoms with Crippen LogP contribution in [-0.4, -0.2) is 15.9 Å². The lowest BCUT2D eigenvalue weighted by molar-refractivity contribution is -0.141. The van der Waals surface area contributed by atoms with Crippen molar-refractivity contribution in [3.05, 3.63) is 66.2 Å². The smallest absolute Gasteiger partial charge is 0.320 e.